The number of benzene rings is 1. The lowest BCUT2D eigenvalue weighted by atomic mass is 10.1. The Bertz CT molecular complexity index is 432. The zero-order valence-corrected chi connectivity index (χ0v) is 12.3. The molecule has 0 saturated carbocycles. The topological polar surface area (TPSA) is 29.5 Å². The molecule has 104 valence electrons. The van der Waals surface area contributed by atoms with Crippen molar-refractivity contribution in [3.8, 4) is 0 Å². The zero-order chi connectivity index (χ0) is 14.5. The van der Waals surface area contributed by atoms with Crippen LogP contribution in [0.25, 0.3) is 5.57 Å². The van der Waals surface area contributed by atoms with Gasteiger partial charge in [-0.15, -0.1) is 0 Å². The third-order valence-corrected chi connectivity index (χ3v) is 2.60. The Balaban J connectivity index is 2.67. The van der Waals surface area contributed by atoms with E-state index in [1.54, 1.807) is 4.90 Å². The van der Waals surface area contributed by atoms with Crippen LogP contribution in [0.3, 0.4) is 0 Å². The van der Waals surface area contributed by atoms with E-state index >= 15 is 0 Å². The van der Waals surface area contributed by atoms with Crippen molar-refractivity contribution in [3.63, 3.8) is 0 Å². The van der Waals surface area contributed by atoms with Gasteiger partial charge in [-0.05, 0) is 38.8 Å². The highest BCUT2D eigenvalue weighted by Crippen LogP contribution is 2.15. The van der Waals surface area contributed by atoms with Crippen LogP contribution in [-0.4, -0.2) is 29.7 Å². The normalized spacial score (nSPS) is 10.9. The van der Waals surface area contributed by atoms with Crippen LogP contribution in [0.2, 0.25) is 0 Å². The fraction of sp³-hybridized carbons (Fsp3) is 0.438. The van der Waals surface area contributed by atoms with Crippen LogP contribution in [0.1, 0.15) is 33.3 Å². The summed E-state index contributed by atoms with van der Waals surface area (Å²) in [6.07, 6.45) is -0.299. The van der Waals surface area contributed by atoms with Gasteiger partial charge in [-0.25, -0.2) is 4.79 Å². The molecule has 0 fully saturated rings. The van der Waals surface area contributed by atoms with E-state index in [0.29, 0.717) is 13.1 Å². The number of hydrogen-bond acceptors (Lipinski definition) is 2. The third-order valence-electron chi connectivity index (χ3n) is 2.60. The van der Waals surface area contributed by atoms with Gasteiger partial charge in [0.15, 0.2) is 0 Å². The first-order chi connectivity index (χ1) is 8.83. The molecule has 0 aliphatic heterocycles. The maximum atomic E-state index is 12.0. The first-order valence-electron chi connectivity index (χ1n) is 6.54. The smallest absolute Gasteiger partial charge is 0.410 e. The minimum Gasteiger partial charge on any atom is -0.444 e. The molecule has 3 heteroatoms. The predicted molar refractivity (Wildman–Crippen MR) is 79.0 cm³/mol. The number of nitrogens with zero attached hydrogens (tertiary/aromatic N) is 1. The Morgan fingerprint density at radius 1 is 1.26 bits per heavy atom. The second-order valence-corrected chi connectivity index (χ2v) is 5.46. The van der Waals surface area contributed by atoms with E-state index in [1.165, 1.54) is 0 Å². The van der Waals surface area contributed by atoms with E-state index in [0.717, 1.165) is 11.1 Å². The van der Waals surface area contributed by atoms with E-state index < -0.39 is 5.60 Å². The number of amides is 1. The van der Waals surface area contributed by atoms with Crippen molar-refractivity contribution >= 4 is 11.7 Å². The zero-order valence-electron chi connectivity index (χ0n) is 12.3. The van der Waals surface area contributed by atoms with Crippen molar-refractivity contribution in [2.45, 2.75) is 33.3 Å². The minimum absolute atomic E-state index is 0.299. The van der Waals surface area contributed by atoms with E-state index in [9.17, 15) is 4.79 Å². The lowest BCUT2D eigenvalue weighted by Crippen LogP contribution is -2.37. The summed E-state index contributed by atoms with van der Waals surface area (Å²) in [4.78, 5) is 13.7. The van der Waals surface area contributed by atoms with Gasteiger partial charge >= 0.3 is 6.09 Å². The van der Waals surface area contributed by atoms with Crippen molar-refractivity contribution in [3.05, 3.63) is 42.5 Å². The van der Waals surface area contributed by atoms with Crippen LogP contribution >= 0.6 is 0 Å². The van der Waals surface area contributed by atoms with Gasteiger partial charge in [0.2, 0.25) is 0 Å². The Hall–Kier alpha value is -1.77. The Labute approximate surface area is 115 Å². The lowest BCUT2D eigenvalue weighted by molar-refractivity contribution is 0.0285. The number of ether oxygens (including phenoxy) is 1. The van der Waals surface area contributed by atoms with Crippen LogP contribution in [0.4, 0.5) is 4.79 Å². The van der Waals surface area contributed by atoms with E-state index in [4.69, 9.17) is 4.74 Å². The largest absolute Gasteiger partial charge is 0.444 e. The monoisotopic (exact) mass is 261 g/mol. The SMILES string of the molecule is C=C(CN(CC)C(=O)OC(C)(C)C)c1ccccc1. The lowest BCUT2D eigenvalue weighted by Gasteiger charge is -2.27. The van der Waals surface area contributed by atoms with Gasteiger partial charge in [-0.2, -0.15) is 0 Å². The van der Waals surface area contributed by atoms with E-state index in [2.05, 4.69) is 6.58 Å². The van der Waals surface area contributed by atoms with Crippen LogP contribution < -0.4 is 0 Å². The molecule has 3 nitrogen and oxygen atoms in total. The number of hydrogen-bond donors (Lipinski definition) is 0. The Morgan fingerprint density at radius 2 is 1.84 bits per heavy atom. The van der Waals surface area contributed by atoms with Gasteiger partial charge in [-0.1, -0.05) is 36.9 Å². The van der Waals surface area contributed by atoms with Gasteiger partial charge in [0, 0.05) is 13.1 Å². The summed E-state index contributed by atoms with van der Waals surface area (Å²) in [5, 5.41) is 0. The second kappa shape index (κ2) is 6.41. The summed E-state index contributed by atoms with van der Waals surface area (Å²) in [6.45, 7) is 12.7. The highest BCUT2D eigenvalue weighted by atomic mass is 16.6. The molecule has 0 aliphatic rings. The molecule has 0 atom stereocenters. The van der Waals surface area contributed by atoms with Crippen molar-refractivity contribution in [1.82, 2.24) is 4.90 Å². The summed E-state index contributed by atoms with van der Waals surface area (Å²) >= 11 is 0. The summed E-state index contributed by atoms with van der Waals surface area (Å²) in [6, 6.07) is 9.87. The molecule has 0 spiro atoms. The standard InChI is InChI=1S/C16H23NO2/c1-6-17(15(18)19-16(3,4)5)12-13(2)14-10-8-7-9-11-14/h7-11H,2,6,12H2,1,3-5H3. The summed E-state index contributed by atoms with van der Waals surface area (Å²) in [5.41, 5.74) is 1.48. The van der Waals surface area contributed by atoms with Crippen molar-refractivity contribution in [1.29, 1.82) is 0 Å². The Morgan fingerprint density at radius 3 is 2.32 bits per heavy atom. The molecule has 0 aliphatic carbocycles. The Kier molecular flexibility index (Phi) is 5.16. The fourth-order valence-corrected chi connectivity index (χ4v) is 1.63. The first kappa shape index (κ1) is 15.3. The van der Waals surface area contributed by atoms with Crippen LogP contribution in [0, 0.1) is 0 Å². The molecule has 1 rings (SSSR count). The molecule has 0 heterocycles. The van der Waals surface area contributed by atoms with Gasteiger partial charge in [-0.3, -0.25) is 0 Å². The third kappa shape index (κ3) is 5.16. The van der Waals surface area contributed by atoms with Gasteiger partial charge in [0.05, 0.1) is 0 Å². The van der Waals surface area contributed by atoms with Gasteiger partial charge < -0.3 is 9.64 Å². The van der Waals surface area contributed by atoms with Gasteiger partial charge in [0.1, 0.15) is 5.60 Å². The first-order valence-corrected chi connectivity index (χ1v) is 6.54. The number of likely N-dealkylation sites (N-methyl/N-ethyl adjacent to an activating group) is 1. The second-order valence-electron chi connectivity index (χ2n) is 5.46. The molecular formula is C16H23NO2. The van der Waals surface area contributed by atoms with Crippen molar-refractivity contribution in [2.75, 3.05) is 13.1 Å². The molecule has 1 aromatic carbocycles. The molecule has 0 radical (unpaired) electrons. The summed E-state index contributed by atoms with van der Waals surface area (Å²) < 4.78 is 5.37. The molecule has 19 heavy (non-hydrogen) atoms. The van der Waals surface area contributed by atoms with Crippen LogP contribution in [0.15, 0.2) is 36.9 Å². The average molecular weight is 261 g/mol. The maximum absolute atomic E-state index is 12.0. The highest BCUT2D eigenvalue weighted by Gasteiger charge is 2.21. The molecule has 0 N–H and O–H groups in total. The quantitative estimate of drug-likeness (QED) is 0.821. The van der Waals surface area contributed by atoms with Crippen LogP contribution in [0.5, 0.6) is 0 Å². The maximum Gasteiger partial charge on any atom is 0.410 e. The van der Waals surface area contributed by atoms with Crippen LogP contribution in [-0.2, 0) is 4.74 Å². The molecule has 1 amide bonds. The highest BCUT2D eigenvalue weighted by molar-refractivity contribution is 5.73. The van der Waals surface area contributed by atoms with E-state index in [-0.39, 0.29) is 6.09 Å². The fourth-order valence-electron chi connectivity index (χ4n) is 1.63. The molecular weight excluding hydrogens is 238 g/mol. The predicted octanol–water partition coefficient (Wildman–Crippen LogP) is 3.96. The molecule has 0 aromatic heterocycles. The molecule has 0 unspecified atom stereocenters. The number of carbonyl (C=O) groups excluding carboxylic acids is 1. The minimum atomic E-state index is -0.474. The van der Waals surface area contributed by atoms with Gasteiger partial charge in [0.25, 0.3) is 0 Å². The van der Waals surface area contributed by atoms with Crippen molar-refractivity contribution in [2.24, 2.45) is 0 Å². The number of carbonyl (C=O) groups is 1. The van der Waals surface area contributed by atoms with Crippen molar-refractivity contribution < 1.29 is 9.53 Å². The summed E-state index contributed by atoms with van der Waals surface area (Å²) in [5.74, 6) is 0. The molecule has 0 saturated heterocycles. The molecule has 1 aromatic rings. The number of rotatable bonds is 4. The molecule has 0 bridgehead atoms. The van der Waals surface area contributed by atoms with E-state index in [1.807, 2.05) is 58.0 Å². The average Bonchev–Trinajstić information content (AvgIpc) is 2.34. The summed E-state index contributed by atoms with van der Waals surface area (Å²) in [7, 11) is 0.